The van der Waals surface area contributed by atoms with Gasteiger partial charge in [-0.05, 0) is 44.6 Å². The lowest BCUT2D eigenvalue weighted by Crippen LogP contribution is -2.24. The van der Waals surface area contributed by atoms with Gasteiger partial charge in [-0.2, -0.15) is 0 Å². The van der Waals surface area contributed by atoms with E-state index in [1.54, 1.807) is 6.26 Å². The van der Waals surface area contributed by atoms with E-state index in [4.69, 9.17) is 9.16 Å². The van der Waals surface area contributed by atoms with Crippen molar-refractivity contribution in [3.63, 3.8) is 0 Å². The van der Waals surface area contributed by atoms with Gasteiger partial charge in [-0.1, -0.05) is 30.3 Å². The van der Waals surface area contributed by atoms with Crippen molar-refractivity contribution >= 4 is 8.32 Å². The van der Waals surface area contributed by atoms with Crippen molar-refractivity contribution in [2.24, 2.45) is 0 Å². The molecule has 0 N–H and O–H groups in total. The van der Waals surface area contributed by atoms with Gasteiger partial charge >= 0.3 is 0 Å². The minimum atomic E-state index is -1.57. The summed E-state index contributed by atoms with van der Waals surface area (Å²) < 4.78 is 11.5. The summed E-state index contributed by atoms with van der Waals surface area (Å²) in [5.74, 6) is 0.923. The Labute approximate surface area is 117 Å². The zero-order chi connectivity index (χ0) is 14.3. The molecule has 0 fully saturated rings. The molecule has 0 saturated carbocycles. The van der Waals surface area contributed by atoms with Crippen LogP contribution in [0.2, 0.25) is 19.6 Å². The van der Waals surface area contributed by atoms with Crippen molar-refractivity contribution in [3.05, 3.63) is 59.6 Å². The van der Waals surface area contributed by atoms with E-state index in [9.17, 15) is 0 Å². The molecule has 0 aliphatic rings. The van der Waals surface area contributed by atoms with Crippen molar-refractivity contribution in [1.29, 1.82) is 0 Å². The highest BCUT2D eigenvalue weighted by atomic mass is 28.4. The molecule has 3 heteroatoms. The maximum atomic E-state index is 6.00. The lowest BCUT2D eigenvalue weighted by atomic mass is 10.2. The van der Waals surface area contributed by atoms with Gasteiger partial charge in [0.2, 0.25) is 8.32 Å². The summed E-state index contributed by atoms with van der Waals surface area (Å²) in [5, 5.41) is 0. The number of rotatable bonds is 6. The smallest absolute Gasteiger partial charge is 0.242 e. The van der Waals surface area contributed by atoms with Crippen LogP contribution in [0.3, 0.4) is 0 Å². The normalized spacial score (nSPS) is 11.4. The molecule has 1 aromatic carbocycles. The van der Waals surface area contributed by atoms with Crippen LogP contribution in [0.4, 0.5) is 0 Å². The molecule has 0 saturated heterocycles. The summed E-state index contributed by atoms with van der Waals surface area (Å²) in [6.45, 7) is 11.2. The number of allylic oxidation sites excluding steroid dienone is 2. The molecule has 19 heavy (non-hydrogen) atoms. The zero-order valence-electron chi connectivity index (χ0n) is 12.6. The fourth-order valence-electron chi connectivity index (χ4n) is 1.46. The highest BCUT2D eigenvalue weighted by Gasteiger charge is 2.17. The third-order valence-corrected chi connectivity index (χ3v) is 3.15. The van der Waals surface area contributed by atoms with Gasteiger partial charge in [0, 0.05) is 6.08 Å². The summed E-state index contributed by atoms with van der Waals surface area (Å²) in [6.07, 6.45) is 3.63. The maximum absolute atomic E-state index is 6.00. The average molecular weight is 276 g/mol. The Morgan fingerprint density at radius 2 is 1.74 bits per heavy atom. The van der Waals surface area contributed by atoms with Crippen LogP contribution in [0.5, 0.6) is 0 Å². The number of benzene rings is 1. The Kier molecular flexibility index (Phi) is 5.89. The Morgan fingerprint density at radius 3 is 2.26 bits per heavy atom. The average Bonchev–Trinajstić information content (AvgIpc) is 2.32. The molecule has 1 aromatic rings. The molecule has 0 heterocycles. The van der Waals surface area contributed by atoms with E-state index in [0.29, 0.717) is 6.61 Å². The van der Waals surface area contributed by atoms with Gasteiger partial charge in [-0.25, -0.2) is 0 Å². The predicted molar refractivity (Wildman–Crippen MR) is 83.2 cm³/mol. The third-order valence-electron chi connectivity index (χ3n) is 2.32. The summed E-state index contributed by atoms with van der Waals surface area (Å²) in [4.78, 5) is 0. The van der Waals surface area contributed by atoms with Crippen molar-refractivity contribution in [3.8, 4) is 0 Å². The van der Waals surface area contributed by atoms with E-state index >= 15 is 0 Å². The van der Waals surface area contributed by atoms with Crippen LogP contribution in [0.25, 0.3) is 0 Å². The molecule has 0 aliphatic heterocycles. The first kappa shape index (κ1) is 15.6. The molecular weight excluding hydrogens is 252 g/mol. The summed E-state index contributed by atoms with van der Waals surface area (Å²) >= 11 is 0. The van der Waals surface area contributed by atoms with Crippen molar-refractivity contribution in [1.82, 2.24) is 0 Å². The molecule has 0 aromatic heterocycles. The van der Waals surface area contributed by atoms with Crippen LogP contribution < -0.4 is 0 Å². The van der Waals surface area contributed by atoms with Crippen LogP contribution in [-0.2, 0) is 15.8 Å². The highest BCUT2D eigenvalue weighted by molar-refractivity contribution is 6.70. The Hall–Kier alpha value is -1.48. The maximum Gasteiger partial charge on any atom is 0.242 e. The first-order valence-corrected chi connectivity index (χ1v) is 9.98. The second-order valence-corrected chi connectivity index (χ2v) is 10.1. The van der Waals surface area contributed by atoms with E-state index in [1.165, 1.54) is 5.57 Å². The highest BCUT2D eigenvalue weighted by Crippen LogP contribution is 2.15. The molecule has 0 amide bonds. The molecule has 0 radical (unpaired) electrons. The van der Waals surface area contributed by atoms with Crippen LogP contribution in [-0.4, -0.2) is 8.32 Å². The van der Waals surface area contributed by atoms with Crippen molar-refractivity contribution < 1.29 is 9.16 Å². The summed E-state index contributed by atoms with van der Waals surface area (Å²) in [6, 6.07) is 10.1. The predicted octanol–water partition coefficient (Wildman–Crippen LogP) is 4.86. The molecule has 104 valence electrons. The Bertz CT molecular complexity index is 438. The minimum absolute atomic E-state index is 0.584. The first-order valence-electron chi connectivity index (χ1n) is 6.57. The monoisotopic (exact) mass is 276 g/mol. The molecular formula is C16H24O2Si. The van der Waals surface area contributed by atoms with Crippen LogP contribution in [0.15, 0.2) is 54.0 Å². The molecule has 0 aliphatic carbocycles. The van der Waals surface area contributed by atoms with Crippen LogP contribution in [0, 0.1) is 0 Å². The van der Waals surface area contributed by atoms with Gasteiger partial charge in [0.25, 0.3) is 0 Å². The van der Waals surface area contributed by atoms with Gasteiger partial charge in [-0.3, -0.25) is 0 Å². The van der Waals surface area contributed by atoms with Crippen molar-refractivity contribution in [2.75, 3.05) is 0 Å². The second kappa shape index (κ2) is 7.19. The molecule has 0 spiro atoms. The molecule has 1 rings (SSSR count). The quantitative estimate of drug-likeness (QED) is 0.419. The number of hydrogen-bond donors (Lipinski definition) is 0. The molecule has 0 bridgehead atoms. The van der Waals surface area contributed by atoms with Crippen molar-refractivity contribution in [2.45, 2.75) is 40.1 Å². The SMILES string of the molecule is CC(C)=C(/C=C/OCc1ccccc1)O[Si](C)(C)C. The fraction of sp³-hybridized carbons (Fsp3) is 0.375. The van der Waals surface area contributed by atoms with Gasteiger partial charge in [0.1, 0.15) is 12.4 Å². The lowest BCUT2D eigenvalue weighted by molar-refractivity contribution is 0.235. The molecule has 0 unspecified atom stereocenters. The minimum Gasteiger partial charge on any atom is -0.544 e. The van der Waals surface area contributed by atoms with Gasteiger partial charge in [0.05, 0.1) is 6.26 Å². The Morgan fingerprint density at radius 1 is 1.11 bits per heavy atom. The Balaban J connectivity index is 2.52. The van der Waals surface area contributed by atoms with Gasteiger partial charge in [0.15, 0.2) is 0 Å². The van der Waals surface area contributed by atoms with E-state index in [-0.39, 0.29) is 0 Å². The number of ether oxygens (including phenoxy) is 1. The van der Waals surface area contributed by atoms with E-state index in [2.05, 4.69) is 33.5 Å². The lowest BCUT2D eigenvalue weighted by Gasteiger charge is -2.21. The summed E-state index contributed by atoms with van der Waals surface area (Å²) in [7, 11) is -1.57. The van der Waals surface area contributed by atoms with E-state index < -0.39 is 8.32 Å². The van der Waals surface area contributed by atoms with Crippen LogP contribution in [0.1, 0.15) is 19.4 Å². The standard InChI is InChI=1S/C16H24O2Si/c1-14(2)16(18-19(3,4)5)11-12-17-13-15-9-7-6-8-10-15/h6-12H,13H2,1-5H3/b12-11+. The second-order valence-electron chi connectivity index (χ2n) is 5.68. The largest absolute Gasteiger partial charge is 0.544 e. The molecule has 2 nitrogen and oxygen atoms in total. The van der Waals surface area contributed by atoms with Gasteiger partial charge < -0.3 is 9.16 Å². The van der Waals surface area contributed by atoms with E-state index in [0.717, 1.165) is 11.3 Å². The zero-order valence-corrected chi connectivity index (χ0v) is 13.6. The molecule has 0 atom stereocenters. The number of hydrogen-bond acceptors (Lipinski definition) is 2. The van der Waals surface area contributed by atoms with E-state index in [1.807, 2.05) is 36.4 Å². The van der Waals surface area contributed by atoms with Gasteiger partial charge in [-0.15, -0.1) is 0 Å². The topological polar surface area (TPSA) is 18.5 Å². The third kappa shape index (κ3) is 6.87. The fourth-order valence-corrected chi connectivity index (χ4v) is 2.39. The van der Waals surface area contributed by atoms with Crippen LogP contribution >= 0.6 is 0 Å². The first-order chi connectivity index (χ1) is 8.88. The summed E-state index contributed by atoms with van der Waals surface area (Å²) in [5.41, 5.74) is 2.33.